The van der Waals surface area contributed by atoms with E-state index in [-0.39, 0.29) is 45.5 Å². The SMILES string of the molecule is CNC(=O)c1cc(NC(=O)c2cnn3c2CC(F)(F)C3)c2n1CC(=O)NC2c1cc(F)ccc1Cl. The van der Waals surface area contributed by atoms with E-state index in [9.17, 15) is 27.6 Å². The van der Waals surface area contributed by atoms with Crippen molar-refractivity contribution in [2.45, 2.75) is 31.5 Å². The zero-order chi connectivity index (χ0) is 25.1. The number of aromatic nitrogens is 3. The average Bonchev–Trinajstić information content (AvgIpc) is 3.44. The summed E-state index contributed by atoms with van der Waals surface area (Å²) in [5.41, 5.74) is 0.733. The third-order valence-corrected chi connectivity index (χ3v) is 6.34. The molecule has 182 valence electrons. The molecule has 0 saturated heterocycles. The van der Waals surface area contributed by atoms with Crippen molar-refractivity contribution in [3.63, 3.8) is 0 Å². The number of nitrogens with zero attached hydrogens (tertiary/aromatic N) is 3. The number of hydrogen-bond acceptors (Lipinski definition) is 4. The average molecular weight is 507 g/mol. The number of nitrogens with one attached hydrogen (secondary N) is 3. The van der Waals surface area contributed by atoms with Gasteiger partial charge in [0.25, 0.3) is 17.7 Å². The van der Waals surface area contributed by atoms with Crippen LogP contribution in [0.5, 0.6) is 0 Å². The van der Waals surface area contributed by atoms with Gasteiger partial charge in [0, 0.05) is 17.6 Å². The van der Waals surface area contributed by atoms with Crippen LogP contribution in [0, 0.1) is 5.82 Å². The minimum Gasteiger partial charge on any atom is -0.354 e. The Bertz CT molecular complexity index is 1400. The lowest BCUT2D eigenvalue weighted by atomic mass is 10.0. The molecule has 3 N–H and O–H groups in total. The fourth-order valence-corrected chi connectivity index (χ4v) is 4.70. The number of amides is 3. The number of carbonyl (C=O) groups excluding carboxylic acids is 3. The fourth-order valence-electron chi connectivity index (χ4n) is 4.47. The van der Waals surface area contributed by atoms with Gasteiger partial charge in [-0.3, -0.25) is 19.1 Å². The first-order valence-corrected chi connectivity index (χ1v) is 10.9. The summed E-state index contributed by atoms with van der Waals surface area (Å²) in [5.74, 6) is -5.32. The molecular formula is C22H18ClF3N6O3. The van der Waals surface area contributed by atoms with E-state index in [1.807, 2.05) is 0 Å². The number of carbonyl (C=O) groups is 3. The van der Waals surface area contributed by atoms with Crippen LogP contribution in [-0.2, 0) is 24.3 Å². The second-order valence-corrected chi connectivity index (χ2v) is 8.72. The lowest BCUT2D eigenvalue weighted by Crippen LogP contribution is -2.40. The van der Waals surface area contributed by atoms with Crippen LogP contribution in [0.2, 0.25) is 5.02 Å². The third-order valence-electron chi connectivity index (χ3n) is 6.00. The van der Waals surface area contributed by atoms with Gasteiger partial charge in [-0.25, -0.2) is 13.2 Å². The van der Waals surface area contributed by atoms with Crippen molar-refractivity contribution in [3.05, 3.63) is 69.5 Å². The molecule has 2 aliphatic rings. The number of rotatable bonds is 4. The number of alkyl halides is 2. The molecule has 35 heavy (non-hydrogen) atoms. The molecule has 4 heterocycles. The predicted molar refractivity (Wildman–Crippen MR) is 118 cm³/mol. The van der Waals surface area contributed by atoms with Crippen molar-refractivity contribution in [3.8, 4) is 0 Å². The highest BCUT2D eigenvalue weighted by atomic mass is 35.5. The van der Waals surface area contributed by atoms with Crippen LogP contribution in [0.4, 0.5) is 18.9 Å². The molecule has 13 heteroatoms. The second kappa shape index (κ2) is 8.15. The smallest absolute Gasteiger partial charge is 0.272 e. The van der Waals surface area contributed by atoms with Crippen molar-refractivity contribution in [1.29, 1.82) is 0 Å². The molecule has 2 aromatic heterocycles. The van der Waals surface area contributed by atoms with Gasteiger partial charge in [0.2, 0.25) is 5.91 Å². The number of benzene rings is 1. The van der Waals surface area contributed by atoms with Gasteiger partial charge in [-0.1, -0.05) is 11.6 Å². The Morgan fingerprint density at radius 1 is 1.26 bits per heavy atom. The van der Waals surface area contributed by atoms with Gasteiger partial charge in [0.1, 0.15) is 24.6 Å². The highest BCUT2D eigenvalue weighted by molar-refractivity contribution is 6.31. The molecule has 0 aliphatic carbocycles. The van der Waals surface area contributed by atoms with Gasteiger partial charge in [0.15, 0.2) is 0 Å². The Morgan fingerprint density at radius 3 is 2.77 bits per heavy atom. The quantitative estimate of drug-likeness (QED) is 0.505. The molecule has 3 aromatic rings. The van der Waals surface area contributed by atoms with E-state index in [1.165, 1.54) is 29.9 Å². The van der Waals surface area contributed by atoms with Crippen LogP contribution in [0.1, 0.15) is 43.8 Å². The molecule has 0 spiro atoms. The molecule has 3 amide bonds. The van der Waals surface area contributed by atoms with Crippen LogP contribution in [0.3, 0.4) is 0 Å². The van der Waals surface area contributed by atoms with Gasteiger partial charge in [-0.2, -0.15) is 5.10 Å². The number of fused-ring (bicyclic) bond motifs is 2. The van der Waals surface area contributed by atoms with Crippen LogP contribution >= 0.6 is 11.6 Å². The summed E-state index contributed by atoms with van der Waals surface area (Å²) in [6.45, 7) is -0.864. The summed E-state index contributed by atoms with van der Waals surface area (Å²) in [7, 11) is 1.40. The zero-order valence-corrected chi connectivity index (χ0v) is 18.9. The Balaban J connectivity index is 1.60. The Labute approximate surface area is 201 Å². The lowest BCUT2D eigenvalue weighted by molar-refractivity contribution is -0.123. The number of anilines is 1. The maximum Gasteiger partial charge on any atom is 0.272 e. The molecule has 9 nitrogen and oxygen atoms in total. The van der Waals surface area contributed by atoms with Crippen LogP contribution in [0.15, 0.2) is 30.5 Å². The summed E-state index contributed by atoms with van der Waals surface area (Å²) >= 11 is 6.29. The Hall–Kier alpha value is -3.80. The third kappa shape index (κ3) is 3.93. The zero-order valence-electron chi connectivity index (χ0n) is 18.2. The summed E-state index contributed by atoms with van der Waals surface area (Å²) in [6, 6.07) is 3.99. The standard InChI is InChI=1S/C22H18ClF3N6O3/c1-27-21(35)15-5-14(29-20(34)12-7-28-32-9-22(25,26)6-16(12)32)19-18(30-17(33)8-31(15)19)11-4-10(24)2-3-13(11)23/h2-5,7,18H,6,8-9H2,1H3,(H,27,35)(H,29,34)(H,30,33). The molecule has 1 unspecified atom stereocenters. The molecule has 0 bridgehead atoms. The Morgan fingerprint density at radius 2 is 2.03 bits per heavy atom. The molecular weight excluding hydrogens is 489 g/mol. The normalized spacial score (nSPS) is 18.0. The highest BCUT2D eigenvalue weighted by Crippen LogP contribution is 2.38. The lowest BCUT2D eigenvalue weighted by Gasteiger charge is -2.29. The molecule has 2 aliphatic heterocycles. The molecule has 1 aromatic carbocycles. The maximum absolute atomic E-state index is 14.1. The molecule has 1 atom stereocenters. The van der Waals surface area contributed by atoms with Crippen molar-refractivity contribution < 1.29 is 27.6 Å². The van der Waals surface area contributed by atoms with E-state index in [1.54, 1.807) is 0 Å². The molecule has 0 fully saturated rings. The van der Waals surface area contributed by atoms with Gasteiger partial charge >= 0.3 is 0 Å². The van der Waals surface area contributed by atoms with Crippen molar-refractivity contribution in [2.75, 3.05) is 12.4 Å². The topological polar surface area (TPSA) is 110 Å². The van der Waals surface area contributed by atoms with E-state index < -0.39 is 48.5 Å². The van der Waals surface area contributed by atoms with Crippen LogP contribution in [0.25, 0.3) is 0 Å². The summed E-state index contributed by atoms with van der Waals surface area (Å²) < 4.78 is 44.2. The van der Waals surface area contributed by atoms with Gasteiger partial charge in [-0.15, -0.1) is 0 Å². The van der Waals surface area contributed by atoms with Gasteiger partial charge in [0.05, 0.1) is 41.3 Å². The second-order valence-electron chi connectivity index (χ2n) is 8.31. The van der Waals surface area contributed by atoms with Gasteiger partial charge in [-0.05, 0) is 24.3 Å². The molecule has 0 saturated carbocycles. The first-order valence-electron chi connectivity index (χ1n) is 10.5. The van der Waals surface area contributed by atoms with E-state index in [0.29, 0.717) is 0 Å². The largest absolute Gasteiger partial charge is 0.354 e. The monoisotopic (exact) mass is 506 g/mol. The van der Waals surface area contributed by atoms with Gasteiger partial charge < -0.3 is 20.5 Å². The first kappa shape index (κ1) is 23.0. The fraction of sp³-hybridized carbons (Fsp3) is 0.273. The van der Waals surface area contributed by atoms with E-state index >= 15 is 0 Å². The first-order chi connectivity index (χ1) is 16.6. The molecule has 0 radical (unpaired) electrons. The van der Waals surface area contributed by atoms with Crippen LogP contribution in [-0.4, -0.2) is 45.0 Å². The minimum atomic E-state index is -3.01. The van der Waals surface area contributed by atoms with Crippen molar-refractivity contribution in [2.24, 2.45) is 0 Å². The van der Waals surface area contributed by atoms with Crippen molar-refractivity contribution >= 4 is 35.0 Å². The van der Waals surface area contributed by atoms with E-state index in [4.69, 9.17) is 11.6 Å². The highest BCUT2D eigenvalue weighted by Gasteiger charge is 2.41. The number of hydrogen-bond donors (Lipinski definition) is 3. The van der Waals surface area contributed by atoms with E-state index in [2.05, 4.69) is 21.0 Å². The van der Waals surface area contributed by atoms with E-state index in [0.717, 1.165) is 16.8 Å². The Kier molecular flexibility index (Phi) is 5.35. The predicted octanol–water partition coefficient (Wildman–Crippen LogP) is 2.50. The minimum absolute atomic E-state index is 0.0381. The summed E-state index contributed by atoms with van der Waals surface area (Å²) in [5, 5.41) is 11.9. The summed E-state index contributed by atoms with van der Waals surface area (Å²) in [4.78, 5) is 38.2. The maximum atomic E-state index is 14.1. The number of halogens is 4. The molecule has 5 rings (SSSR count). The summed E-state index contributed by atoms with van der Waals surface area (Å²) in [6.07, 6.45) is 0.565. The van der Waals surface area contributed by atoms with Crippen molar-refractivity contribution in [1.82, 2.24) is 25.0 Å². The van der Waals surface area contributed by atoms with Crippen LogP contribution < -0.4 is 16.0 Å².